The fourth-order valence-electron chi connectivity index (χ4n) is 1.82. The van der Waals surface area contributed by atoms with E-state index in [9.17, 15) is 8.42 Å². The molecule has 0 radical (unpaired) electrons. The Morgan fingerprint density at radius 1 is 1.47 bits per heavy atom. The quantitative estimate of drug-likeness (QED) is 0.829. The molecule has 1 aromatic heterocycles. The van der Waals surface area contributed by atoms with Crippen molar-refractivity contribution in [2.45, 2.75) is 18.9 Å². The summed E-state index contributed by atoms with van der Waals surface area (Å²) in [5.74, 6) is 0.946. The Bertz CT molecular complexity index is 470. The van der Waals surface area contributed by atoms with Gasteiger partial charge in [-0.2, -0.15) is 0 Å². The summed E-state index contributed by atoms with van der Waals surface area (Å²) in [5.41, 5.74) is 6.34. The molecule has 0 saturated carbocycles. The highest BCUT2D eigenvalue weighted by atomic mass is 32.2. The highest BCUT2D eigenvalue weighted by Crippen LogP contribution is 2.19. The first-order valence-corrected chi connectivity index (χ1v) is 7.43. The summed E-state index contributed by atoms with van der Waals surface area (Å²) in [4.78, 5) is 4.19. The molecular weight excluding hydrogens is 240 g/mol. The zero-order valence-electron chi connectivity index (χ0n) is 9.50. The smallest absolute Gasteiger partial charge is 0.154 e. The summed E-state index contributed by atoms with van der Waals surface area (Å²) in [6, 6.07) is 3.66. The summed E-state index contributed by atoms with van der Waals surface area (Å²) in [6.45, 7) is 0.564. The molecule has 1 unspecified atom stereocenters. The fourth-order valence-corrected chi connectivity index (χ4v) is 3.41. The molecule has 1 aliphatic heterocycles. The molecule has 1 saturated heterocycles. The van der Waals surface area contributed by atoms with Crippen molar-refractivity contribution >= 4 is 9.84 Å². The molecule has 1 aromatic rings. The van der Waals surface area contributed by atoms with Crippen LogP contribution in [0.2, 0.25) is 0 Å². The number of nitrogens with two attached hydrogens (primary N) is 1. The monoisotopic (exact) mass is 256 g/mol. The number of rotatable bonds is 4. The van der Waals surface area contributed by atoms with Gasteiger partial charge in [0.05, 0.1) is 17.7 Å². The molecular formula is C11H16N2O3S. The first-order valence-electron chi connectivity index (χ1n) is 5.61. The molecule has 0 aromatic carbocycles. The van der Waals surface area contributed by atoms with E-state index in [0.717, 1.165) is 12.1 Å². The molecule has 1 atom stereocenters. The van der Waals surface area contributed by atoms with E-state index in [1.165, 1.54) is 0 Å². The molecule has 1 fully saturated rings. The lowest BCUT2D eigenvalue weighted by atomic mass is 10.2. The lowest BCUT2D eigenvalue weighted by molar-refractivity contribution is 0.228. The second kappa shape index (κ2) is 5.01. The van der Waals surface area contributed by atoms with Crippen LogP contribution in [0.5, 0.6) is 5.75 Å². The van der Waals surface area contributed by atoms with Gasteiger partial charge < -0.3 is 10.5 Å². The highest BCUT2D eigenvalue weighted by molar-refractivity contribution is 7.91. The number of ether oxygens (including phenoxy) is 1. The molecule has 0 bridgehead atoms. The Balaban J connectivity index is 1.95. The average molecular weight is 256 g/mol. The van der Waals surface area contributed by atoms with Gasteiger partial charge in [-0.25, -0.2) is 8.42 Å². The topological polar surface area (TPSA) is 82.3 Å². The number of hydrogen-bond acceptors (Lipinski definition) is 5. The number of pyridine rings is 1. The molecule has 5 nitrogen and oxygen atoms in total. The summed E-state index contributed by atoms with van der Waals surface area (Å²) in [5, 5.41) is 0. The van der Waals surface area contributed by atoms with Crippen molar-refractivity contribution in [3.05, 3.63) is 24.0 Å². The van der Waals surface area contributed by atoms with Crippen LogP contribution >= 0.6 is 0 Å². The van der Waals surface area contributed by atoms with E-state index in [1.807, 2.05) is 12.1 Å². The highest BCUT2D eigenvalue weighted by Gasteiger charge is 2.29. The summed E-state index contributed by atoms with van der Waals surface area (Å²) in [7, 11) is -2.89. The van der Waals surface area contributed by atoms with Crippen LogP contribution in [0, 0.1) is 0 Å². The molecule has 0 amide bonds. The number of nitrogens with zero attached hydrogens (tertiary/aromatic N) is 1. The minimum Gasteiger partial charge on any atom is -0.488 e. The Labute approximate surface area is 101 Å². The number of sulfone groups is 1. The zero-order chi connectivity index (χ0) is 12.3. The van der Waals surface area contributed by atoms with Crippen LogP contribution in [0.25, 0.3) is 0 Å². The first-order chi connectivity index (χ1) is 8.09. The van der Waals surface area contributed by atoms with Crippen molar-refractivity contribution in [3.63, 3.8) is 0 Å². The van der Waals surface area contributed by atoms with Crippen LogP contribution in [0.15, 0.2) is 18.3 Å². The second-order valence-electron chi connectivity index (χ2n) is 4.17. The Hall–Kier alpha value is -1.14. The van der Waals surface area contributed by atoms with Crippen molar-refractivity contribution in [2.75, 3.05) is 18.1 Å². The van der Waals surface area contributed by atoms with Crippen LogP contribution in [0.1, 0.15) is 12.1 Å². The van der Waals surface area contributed by atoms with Gasteiger partial charge in [0.1, 0.15) is 11.9 Å². The van der Waals surface area contributed by atoms with E-state index in [0.29, 0.717) is 18.7 Å². The van der Waals surface area contributed by atoms with Gasteiger partial charge in [-0.05, 0) is 25.1 Å². The maximum atomic E-state index is 11.3. The molecule has 0 spiro atoms. The minimum absolute atomic E-state index is 0.109. The van der Waals surface area contributed by atoms with Crippen molar-refractivity contribution in [1.82, 2.24) is 4.98 Å². The van der Waals surface area contributed by atoms with Gasteiger partial charge in [0.15, 0.2) is 9.84 Å². The van der Waals surface area contributed by atoms with E-state index >= 15 is 0 Å². The van der Waals surface area contributed by atoms with Gasteiger partial charge in [-0.3, -0.25) is 4.98 Å². The minimum atomic E-state index is -2.89. The summed E-state index contributed by atoms with van der Waals surface area (Å²) < 4.78 is 28.1. The van der Waals surface area contributed by atoms with Gasteiger partial charge in [0, 0.05) is 12.1 Å². The third-order valence-electron chi connectivity index (χ3n) is 2.69. The second-order valence-corrected chi connectivity index (χ2v) is 6.40. The fraction of sp³-hybridized carbons (Fsp3) is 0.545. The van der Waals surface area contributed by atoms with E-state index in [1.54, 1.807) is 6.20 Å². The van der Waals surface area contributed by atoms with Crippen LogP contribution in [-0.2, 0) is 16.3 Å². The van der Waals surface area contributed by atoms with Gasteiger partial charge in [0.25, 0.3) is 0 Å². The third kappa shape index (κ3) is 3.41. The largest absolute Gasteiger partial charge is 0.488 e. The molecule has 1 aliphatic rings. The van der Waals surface area contributed by atoms with E-state index in [4.69, 9.17) is 10.5 Å². The van der Waals surface area contributed by atoms with Gasteiger partial charge in [-0.1, -0.05) is 0 Å². The van der Waals surface area contributed by atoms with Crippen molar-refractivity contribution in [1.29, 1.82) is 0 Å². The standard InChI is InChI=1S/C11H16N2O3S/c12-5-3-9-1-2-10(7-13-9)16-11-4-6-17(14,15)8-11/h1-2,7,11H,3-6,8,12H2. The van der Waals surface area contributed by atoms with Crippen LogP contribution in [0.4, 0.5) is 0 Å². The normalized spacial score (nSPS) is 22.5. The predicted molar refractivity (Wildman–Crippen MR) is 64.7 cm³/mol. The summed E-state index contributed by atoms with van der Waals surface area (Å²) >= 11 is 0. The molecule has 2 heterocycles. The lowest BCUT2D eigenvalue weighted by Gasteiger charge is -2.11. The van der Waals surface area contributed by atoms with Crippen LogP contribution in [0.3, 0.4) is 0 Å². The molecule has 0 aliphatic carbocycles. The molecule has 6 heteroatoms. The maximum Gasteiger partial charge on any atom is 0.154 e. The Morgan fingerprint density at radius 2 is 2.29 bits per heavy atom. The molecule has 2 rings (SSSR count). The molecule has 94 valence electrons. The predicted octanol–water partition coefficient (Wildman–Crippen LogP) is 0.149. The third-order valence-corrected chi connectivity index (χ3v) is 4.43. The number of hydrogen-bond donors (Lipinski definition) is 1. The van der Waals surface area contributed by atoms with E-state index in [-0.39, 0.29) is 17.6 Å². The summed E-state index contributed by atoms with van der Waals surface area (Å²) in [6.07, 6.45) is 2.68. The van der Waals surface area contributed by atoms with Crippen molar-refractivity contribution < 1.29 is 13.2 Å². The van der Waals surface area contributed by atoms with E-state index < -0.39 is 9.84 Å². The van der Waals surface area contributed by atoms with Crippen molar-refractivity contribution in [3.8, 4) is 5.75 Å². The Morgan fingerprint density at radius 3 is 2.82 bits per heavy atom. The molecule has 17 heavy (non-hydrogen) atoms. The van der Waals surface area contributed by atoms with Crippen LogP contribution in [-0.4, -0.2) is 37.6 Å². The first kappa shape index (κ1) is 12.3. The van der Waals surface area contributed by atoms with E-state index in [2.05, 4.69) is 4.98 Å². The van der Waals surface area contributed by atoms with Gasteiger partial charge >= 0.3 is 0 Å². The van der Waals surface area contributed by atoms with Gasteiger partial charge in [0.2, 0.25) is 0 Å². The Kier molecular flexibility index (Phi) is 3.63. The lowest BCUT2D eigenvalue weighted by Crippen LogP contribution is -2.17. The van der Waals surface area contributed by atoms with Crippen molar-refractivity contribution in [2.24, 2.45) is 5.73 Å². The van der Waals surface area contributed by atoms with Gasteiger partial charge in [-0.15, -0.1) is 0 Å². The van der Waals surface area contributed by atoms with Crippen LogP contribution < -0.4 is 10.5 Å². The molecule has 2 N–H and O–H groups in total. The SMILES string of the molecule is NCCc1ccc(OC2CCS(=O)(=O)C2)cn1. The average Bonchev–Trinajstić information content (AvgIpc) is 2.61. The zero-order valence-corrected chi connectivity index (χ0v) is 10.3. The number of aromatic nitrogens is 1. The maximum absolute atomic E-state index is 11.3.